The molecule has 0 bridgehead atoms. The van der Waals surface area contributed by atoms with Crippen molar-refractivity contribution >= 4 is 11.8 Å². The van der Waals surface area contributed by atoms with Gasteiger partial charge in [-0.3, -0.25) is 14.5 Å². The molecule has 0 spiro atoms. The zero-order chi connectivity index (χ0) is 20.0. The maximum Gasteiger partial charge on any atom is 0.237 e. The molecule has 1 aliphatic carbocycles. The van der Waals surface area contributed by atoms with E-state index in [4.69, 9.17) is 0 Å². The van der Waals surface area contributed by atoms with Gasteiger partial charge < -0.3 is 10.2 Å². The second-order valence-electron chi connectivity index (χ2n) is 9.90. The van der Waals surface area contributed by atoms with Crippen LogP contribution >= 0.6 is 0 Å². The van der Waals surface area contributed by atoms with Crippen molar-refractivity contribution in [1.82, 2.24) is 15.1 Å². The summed E-state index contributed by atoms with van der Waals surface area (Å²) in [5.74, 6) is 1.45. The molecule has 5 heteroatoms. The van der Waals surface area contributed by atoms with Crippen molar-refractivity contribution in [3.8, 4) is 0 Å². The summed E-state index contributed by atoms with van der Waals surface area (Å²) in [6, 6.07) is -0.0172. The Labute approximate surface area is 166 Å². The van der Waals surface area contributed by atoms with Gasteiger partial charge in [-0.25, -0.2) is 0 Å². The monoisotopic (exact) mass is 379 g/mol. The van der Waals surface area contributed by atoms with E-state index in [0.717, 1.165) is 52.0 Å². The molecule has 1 saturated carbocycles. The van der Waals surface area contributed by atoms with E-state index >= 15 is 0 Å². The van der Waals surface area contributed by atoms with Crippen molar-refractivity contribution in [2.75, 3.05) is 32.7 Å². The first kappa shape index (κ1) is 22.2. The largest absolute Gasteiger partial charge is 0.354 e. The lowest BCUT2D eigenvalue weighted by Crippen LogP contribution is -2.58. The van der Waals surface area contributed by atoms with Gasteiger partial charge in [0.1, 0.15) is 0 Å². The molecule has 0 radical (unpaired) electrons. The van der Waals surface area contributed by atoms with Gasteiger partial charge in [0.25, 0.3) is 0 Å². The van der Waals surface area contributed by atoms with Crippen LogP contribution in [0.1, 0.15) is 73.1 Å². The quantitative estimate of drug-likeness (QED) is 0.738. The number of rotatable bonds is 7. The van der Waals surface area contributed by atoms with Crippen molar-refractivity contribution in [2.45, 2.75) is 79.2 Å². The van der Waals surface area contributed by atoms with Gasteiger partial charge in [-0.1, -0.05) is 53.9 Å². The van der Waals surface area contributed by atoms with Gasteiger partial charge in [-0.2, -0.15) is 0 Å². The fourth-order valence-electron chi connectivity index (χ4n) is 4.29. The first-order valence-corrected chi connectivity index (χ1v) is 11.0. The standard InChI is InChI=1S/C22H41N3O2/c1-6-17(2)16-23-21(27)20(18-9-7-8-10-18)25-13-11-24(12-14-25)19(26)15-22(3,4)5/h17-18,20H,6-16H2,1-5H3,(H,23,27)/t17-,20+/m1/s1. The van der Waals surface area contributed by atoms with Crippen LogP contribution in [-0.2, 0) is 9.59 Å². The number of carbonyl (C=O) groups excluding carboxylic acids is 2. The number of hydrogen-bond donors (Lipinski definition) is 1. The van der Waals surface area contributed by atoms with E-state index in [1.165, 1.54) is 12.8 Å². The van der Waals surface area contributed by atoms with Crippen molar-refractivity contribution < 1.29 is 9.59 Å². The topological polar surface area (TPSA) is 52.7 Å². The lowest BCUT2D eigenvalue weighted by atomic mass is 9.91. The van der Waals surface area contributed by atoms with Crippen LogP contribution in [0.4, 0.5) is 0 Å². The van der Waals surface area contributed by atoms with Gasteiger partial charge in [-0.05, 0) is 30.1 Å². The van der Waals surface area contributed by atoms with E-state index < -0.39 is 0 Å². The highest BCUT2D eigenvalue weighted by Gasteiger charge is 2.37. The molecule has 2 aliphatic rings. The summed E-state index contributed by atoms with van der Waals surface area (Å²) in [5.41, 5.74) is 0.0243. The summed E-state index contributed by atoms with van der Waals surface area (Å²) in [7, 11) is 0. The maximum absolute atomic E-state index is 13.0. The SMILES string of the molecule is CC[C@@H](C)CNC(=O)[C@H](C1CCCC1)N1CCN(C(=O)CC(C)(C)C)CC1. The predicted octanol–water partition coefficient (Wildman–Crippen LogP) is 3.29. The number of nitrogens with one attached hydrogen (secondary N) is 1. The molecule has 1 heterocycles. The smallest absolute Gasteiger partial charge is 0.237 e. The minimum Gasteiger partial charge on any atom is -0.354 e. The van der Waals surface area contributed by atoms with Crippen LogP contribution < -0.4 is 5.32 Å². The minimum absolute atomic E-state index is 0.0172. The second-order valence-corrected chi connectivity index (χ2v) is 9.90. The van der Waals surface area contributed by atoms with Crippen molar-refractivity contribution in [3.63, 3.8) is 0 Å². The van der Waals surface area contributed by atoms with E-state index in [0.29, 0.717) is 18.3 Å². The van der Waals surface area contributed by atoms with Crippen LogP contribution in [0, 0.1) is 17.3 Å². The third-order valence-electron chi connectivity index (χ3n) is 6.18. The molecular formula is C22H41N3O2. The third kappa shape index (κ3) is 6.78. The first-order valence-electron chi connectivity index (χ1n) is 11.0. The van der Waals surface area contributed by atoms with E-state index in [1.807, 2.05) is 4.90 Å². The Morgan fingerprint density at radius 3 is 2.19 bits per heavy atom. The highest BCUT2D eigenvalue weighted by Crippen LogP contribution is 2.31. The lowest BCUT2D eigenvalue weighted by molar-refractivity contribution is -0.136. The molecule has 5 nitrogen and oxygen atoms in total. The molecule has 2 rings (SSSR count). The summed E-state index contributed by atoms with van der Waals surface area (Å²) < 4.78 is 0. The molecule has 2 atom stereocenters. The summed E-state index contributed by atoms with van der Waals surface area (Å²) in [6.45, 7) is 14.6. The zero-order valence-corrected chi connectivity index (χ0v) is 18.2. The molecule has 27 heavy (non-hydrogen) atoms. The average molecular weight is 380 g/mol. The highest BCUT2D eigenvalue weighted by atomic mass is 16.2. The highest BCUT2D eigenvalue weighted by molar-refractivity contribution is 5.82. The number of piperazine rings is 1. The summed E-state index contributed by atoms with van der Waals surface area (Å²) in [5, 5.41) is 3.21. The summed E-state index contributed by atoms with van der Waals surface area (Å²) >= 11 is 0. The number of nitrogens with zero attached hydrogens (tertiary/aromatic N) is 2. The normalized spacial score (nSPS) is 21.9. The Kier molecular flexibility index (Phi) is 8.14. The molecule has 156 valence electrons. The van der Waals surface area contributed by atoms with Gasteiger partial charge in [0, 0.05) is 39.1 Å². The third-order valence-corrected chi connectivity index (χ3v) is 6.18. The van der Waals surface area contributed by atoms with Crippen molar-refractivity contribution in [1.29, 1.82) is 0 Å². The molecule has 2 fully saturated rings. The van der Waals surface area contributed by atoms with E-state index in [1.54, 1.807) is 0 Å². The molecule has 0 aromatic carbocycles. The van der Waals surface area contributed by atoms with Crippen LogP contribution in [0.15, 0.2) is 0 Å². The Bertz CT molecular complexity index is 486. The first-order chi connectivity index (χ1) is 12.7. The molecule has 0 aromatic heterocycles. The summed E-state index contributed by atoms with van der Waals surface area (Å²) in [6.07, 6.45) is 6.47. The van der Waals surface area contributed by atoms with Crippen LogP contribution in [0.3, 0.4) is 0 Å². The number of carbonyl (C=O) groups is 2. The Hall–Kier alpha value is -1.10. The van der Waals surface area contributed by atoms with Gasteiger partial charge in [0.2, 0.25) is 11.8 Å². The average Bonchev–Trinajstić information content (AvgIpc) is 3.13. The van der Waals surface area contributed by atoms with Gasteiger partial charge in [0.15, 0.2) is 0 Å². The maximum atomic E-state index is 13.0. The van der Waals surface area contributed by atoms with E-state index in [2.05, 4.69) is 44.8 Å². The predicted molar refractivity (Wildman–Crippen MR) is 110 cm³/mol. The van der Waals surface area contributed by atoms with Crippen LogP contribution in [-0.4, -0.2) is 60.4 Å². The molecule has 2 amide bonds. The summed E-state index contributed by atoms with van der Waals surface area (Å²) in [4.78, 5) is 29.9. The van der Waals surface area contributed by atoms with Crippen molar-refractivity contribution in [2.24, 2.45) is 17.3 Å². The minimum atomic E-state index is -0.0172. The van der Waals surface area contributed by atoms with Gasteiger partial charge in [-0.15, -0.1) is 0 Å². The Morgan fingerprint density at radius 2 is 1.67 bits per heavy atom. The second kappa shape index (κ2) is 9.90. The molecule has 1 saturated heterocycles. The molecular weight excluding hydrogens is 338 g/mol. The zero-order valence-electron chi connectivity index (χ0n) is 18.2. The fourth-order valence-corrected chi connectivity index (χ4v) is 4.29. The fraction of sp³-hybridized carbons (Fsp3) is 0.909. The molecule has 1 aliphatic heterocycles. The Morgan fingerprint density at radius 1 is 1.07 bits per heavy atom. The van der Waals surface area contributed by atoms with Gasteiger partial charge in [0.05, 0.1) is 6.04 Å². The molecule has 1 N–H and O–H groups in total. The van der Waals surface area contributed by atoms with E-state index in [9.17, 15) is 9.59 Å². The number of amides is 2. The Balaban J connectivity index is 1.94. The van der Waals surface area contributed by atoms with Crippen molar-refractivity contribution in [3.05, 3.63) is 0 Å². The number of hydrogen-bond acceptors (Lipinski definition) is 3. The lowest BCUT2D eigenvalue weighted by Gasteiger charge is -2.41. The van der Waals surface area contributed by atoms with E-state index in [-0.39, 0.29) is 23.3 Å². The molecule has 0 aromatic rings. The van der Waals surface area contributed by atoms with Gasteiger partial charge >= 0.3 is 0 Å². The molecule has 0 unspecified atom stereocenters. The van der Waals surface area contributed by atoms with Crippen LogP contribution in [0.2, 0.25) is 0 Å². The van der Waals surface area contributed by atoms with Crippen LogP contribution in [0.25, 0.3) is 0 Å². The van der Waals surface area contributed by atoms with Crippen LogP contribution in [0.5, 0.6) is 0 Å².